The molecule has 0 aliphatic carbocycles. The van der Waals surface area contributed by atoms with Crippen LogP contribution in [0, 0.1) is 11.6 Å². The molecule has 0 unspecified atom stereocenters. The SMILES string of the molecule is N[C@H]1C[C@@H](N2Cc3cn(S(=O)(=O)N4CCOCC4)nc3C2)CO[C@@H]1c1cc(F)ccc1F. The molecule has 3 atom stereocenters. The van der Waals surface area contributed by atoms with E-state index in [4.69, 9.17) is 15.2 Å². The molecule has 1 aromatic carbocycles. The Morgan fingerprint density at radius 3 is 2.66 bits per heavy atom. The van der Waals surface area contributed by atoms with E-state index in [0.29, 0.717) is 58.1 Å². The van der Waals surface area contributed by atoms with Gasteiger partial charge in [0.2, 0.25) is 0 Å². The molecule has 2 saturated heterocycles. The highest BCUT2D eigenvalue weighted by molar-refractivity contribution is 7.87. The van der Waals surface area contributed by atoms with Crippen LogP contribution in [0.25, 0.3) is 0 Å². The summed E-state index contributed by atoms with van der Waals surface area (Å²) in [6, 6.07) is 2.74. The predicted octanol–water partition coefficient (Wildman–Crippen LogP) is 0.760. The van der Waals surface area contributed by atoms with Crippen LogP contribution in [0.2, 0.25) is 0 Å². The Morgan fingerprint density at radius 2 is 1.94 bits per heavy atom. The van der Waals surface area contributed by atoms with Crippen molar-refractivity contribution in [2.75, 3.05) is 32.9 Å². The van der Waals surface area contributed by atoms with Crippen molar-refractivity contribution in [1.29, 1.82) is 0 Å². The van der Waals surface area contributed by atoms with Gasteiger partial charge in [0.15, 0.2) is 0 Å². The van der Waals surface area contributed by atoms with Crippen molar-refractivity contribution in [3.8, 4) is 0 Å². The van der Waals surface area contributed by atoms with E-state index in [2.05, 4.69) is 10.00 Å². The van der Waals surface area contributed by atoms with E-state index in [1.54, 1.807) is 6.20 Å². The highest BCUT2D eigenvalue weighted by Gasteiger charge is 2.38. The Bertz CT molecular complexity index is 1080. The van der Waals surface area contributed by atoms with Crippen LogP contribution >= 0.6 is 0 Å². The van der Waals surface area contributed by atoms with E-state index in [-0.39, 0.29) is 11.6 Å². The van der Waals surface area contributed by atoms with Crippen LogP contribution in [0.15, 0.2) is 24.4 Å². The number of halogens is 2. The van der Waals surface area contributed by atoms with Gasteiger partial charge in [-0.3, -0.25) is 4.90 Å². The highest BCUT2D eigenvalue weighted by atomic mass is 32.2. The van der Waals surface area contributed by atoms with Gasteiger partial charge in [0.05, 0.1) is 25.5 Å². The van der Waals surface area contributed by atoms with Crippen LogP contribution in [0.4, 0.5) is 8.78 Å². The summed E-state index contributed by atoms with van der Waals surface area (Å²) in [5.74, 6) is -1.07. The lowest BCUT2D eigenvalue weighted by molar-refractivity contribution is -0.0533. The standard InChI is InChI=1S/C20H25F2N5O4S/c21-14-1-2-17(22)16(7-14)20-18(23)8-15(12-31-20)25-9-13-10-27(24-19(13)11-25)32(28,29)26-3-5-30-6-4-26/h1-2,7,10,15,18,20H,3-6,8-9,11-12,23H2/t15-,18+,20-/m1/s1. The Kier molecular flexibility index (Phi) is 5.76. The van der Waals surface area contributed by atoms with Crippen LogP contribution < -0.4 is 5.73 Å². The van der Waals surface area contributed by atoms with Gasteiger partial charge in [-0.1, -0.05) is 0 Å². The van der Waals surface area contributed by atoms with Gasteiger partial charge in [0, 0.05) is 55.6 Å². The number of hydrogen-bond acceptors (Lipinski definition) is 7. The quantitative estimate of drug-likeness (QED) is 0.705. The third kappa shape index (κ3) is 3.95. The first-order chi connectivity index (χ1) is 15.3. The fourth-order valence-electron chi connectivity index (χ4n) is 4.58. The molecule has 9 nitrogen and oxygen atoms in total. The Labute approximate surface area is 184 Å². The van der Waals surface area contributed by atoms with E-state index >= 15 is 0 Å². The van der Waals surface area contributed by atoms with E-state index in [9.17, 15) is 17.2 Å². The van der Waals surface area contributed by atoms with Crippen molar-refractivity contribution >= 4 is 10.2 Å². The number of nitrogens with two attached hydrogens (primary N) is 1. The molecule has 12 heteroatoms. The molecule has 0 spiro atoms. The van der Waals surface area contributed by atoms with Crippen LogP contribution in [0.5, 0.6) is 0 Å². The second kappa shape index (κ2) is 8.43. The van der Waals surface area contributed by atoms with Gasteiger partial charge in [-0.05, 0) is 24.6 Å². The molecule has 3 aliphatic rings. The zero-order valence-electron chi connectivity index (χ0n) is 17.4. The molecule has 2 aromatic rings. The van der Waals surface area contributed by atoms with E-state index in [1.807, 2.05) is 0 Å². The molecule has 1 aromatic heterocycles. The van der Waals surface area contributed by atoms with Crippen molar-refractivity contribution < 1.29 is 26.7 Å². The minimum Gasteiger partial charge on any atom is -0.379 e. The second-order valence-electron chi connectivity index (χ2n) is 8.37. The van der Waals surface area contributed by atoms with E-state index in [0.717, 1.165) is 27.8 Å². The number of fused-ring (bicyclic) bond motifs is 1. The second-order valence-corrected chi connectivity index (χ2v) is 10.2. The number of hydrogen-bond donors (Lipinski definition) is 1. The van der Waals surface area contributed by atoms with Gasteiger partial charge in [0.25, 0.3) is 0 Å². The predicted molar refractivity (Wildman–Crippen MR) is 110 cm³/mol. The Hall–Kier alpha value is -1.96. The number of rotatable bonds is 4. The zero-order valence-corrected chi connectivity index (χ0v) is 18.2. The van der Waals surface area contributed by atoms with Crippen LogP contribution in [0.3, 0.4) is 0 Å². The molecule has 2 fully saturated rings. The molecule has 2 N–H and O–H groups in total. The average Bonchev–Trinajstić information content (AvgIpc) is 3.36. The number of ether oxygens (including phenoxy) is 2. The maximum atomic E-state index is 14.1. The van der Waals surface area contributed by atoms with Gasteiger partial charge in [0.1, 0.15) is 17.7 Å². The smallest absolute Gasteiger partial charge is 0.323 e. The minimum absolute atomic E-state index is 0.0311. The summed E-state index contributed by atoms with van der Waals surface area (Å²) < 4.78 is 66.8. The van der Waals surface area contributed by atoms with Crippen molar-refractivity contribution in [3.05, 3.63) is 52.9 Å². The van der Waals surface area contributed by atoms with Gasteiger partial charge in [-0.15, -0.1) is 0 Å². The molecular formula is C20H25F2N5O4S. The van der Waals surface area contributed by atoms with E-state index in [1.165, 1.54) is 4.31 Å². The summed E-state index contributed by atoms with van der Waals surface area (Å²) >= 11 is 0. The van der Waals surface area contributed by atoms with Crippen LogP contribution in [0.1, 0.15) is 29.3 Å². The first-order valence-corrected chi connectivity index (χ1v) is 11.9. The van der Waals surface area contributed by atoms with E-state index < -0.39 is 34.0 Å². The fraction of sp³-hybridized carbons (Fsp3) is 0.550. The summed E-state index contributed by atoms with van der Waals surface area (Å²) in [6.07, 6.45) is 1.39. The largest absolute Gasteiger partial charge is 0.379 e. The summed E-state index contributed by atoms with van der Waals surface area (Å²) in [7, 11) is -3.71. The number of morpholine rings is 1. The molecule has 0 bridgehead atoms. The average molecular weight is 470 g/mol. The zero-order chi connectivity index (χ0) is 22.5. The number of nitrogens with zero attached hydrogens (tertiary/aromatic N) is 4. The van der Waals surface area contributed by atoms with Gasteiger partial charge < -0.3 is 15.2 Å². The lowest BCUT2D eigenvalue weighted by atomic mass is 9.93. The number of benzene rings is 1. The van der Waals surface area contributed by atoms with Crippen molar-refractivity contribution in [2.24, 2.45) is 5.73 Å². The molecule has 174 valence electrons. The molecule has 0 radical (unpaired) electrons. The third-order valence-electron chi connectivity index (χ3n) is 6.30. The summed E-state index contributed by atoms with van der Waals surface area (Å²) in [5.41, 5.74) is 7.95. The van der Waals surface area contributed by atoms with Crippen molar-refractivity contribution in [1.82, 2.24) is 18.4 Å². The van der Waals surface area contributed by atoms with Gasteiger partial charge in [-0.25, -0.2) is 8.78 Å². The fourth-order valence-corrected chi connectivity index (χ4v) is 5.89. The molecule has 0 saturated carbocycles. The summed E-state index contributed by atoms with van der Waals surface area (Å²) in [4.78, 5) is 2.13. The molecule has 3 aliphatic heterocycles. The van der Waals surface area contributed by atoms with Gasteiger partial charge >= 0.3 is 10.2 Å². The first kappa shape index (κ1) is 21.9. The third-order valence-corrected chi connectivity index (χ3v) is 7.98. The first-order valence-electron chi connectivity index (χ1n) is 10.5. The molecule has 4 heterocycles. The topological polar surface area (TPSA) is 103 Å². The van der Waals surface area contributed by atoms with Crippen molar-refractivity contribution in [3.63, 3.8) is 0 Å². The monoisotopic (exact) mass is 469 g/mol. The molecular weight excluding hydrogens is 444 g/mol. The normalized spacial score (nSPS) is 27.5. The maximum Gasteiger partial charge on any atom is 0.323 e. The summed E-state index contributed by atoms with van der Waals surface area (Å²) in [5, 5.41) is 4.33. The molecule has 32 heavy (non-hydrogen) atoms. The summed E-state index contributed by atoms with van der Waals surface area (Å²) in [6.45, 7) is 2.67. The van der Waals surface area contributed by atoms with Crippen molar-refractivity contribution in [2.45, 2.75) is 37.7 Å². The number of aromatic nitrogens is 2. The minimum atomic E-state index is -3.71. The van der Waals surface area contributed by atoms with Gasteiger partial charge in [-0.2, -0.15) is 21.9 Å². The lowest BCUT2D eigenvalue weighted by Gasteiger charge is -2.38. The highest BCUT2D eigenvalue weighted by Crippen LogP contribution is 2.34. The maximum absolute atomic E-state index is 14.1. The van der Waals surface area contributed by atoms with Crippen LogP contribution in [-0.2, 0) is 32.8 Å². The Balaban J connectivity index is 1.24. The lowest BCUT2D eigenvalue weighted by Crippen LogP contribution is -2.48. The van der Waals surface area contributed by atoms with Crippen LogP contribution in [-0.4, -0.2) is 71.8 Å². The Morgan fingerprint density at radius 1 is 1.16 bits per heavy atom. The molecule has 0 amide bonds. The molecule has 5 rings (SSSR count).